The molecule has 0 saturated carbocycles. The van der Waals surface area contributed by atoms with Crippen molar-refractivity contribution in [3.8, 4) is 0 Å². The molecular weight excluding hydrogens is 330 g/mol. The van der Waals surface area contributed by atoms with Gasteiger partial charge in [0.05, 0.1) is 6.34 Å². The number of nitrogens with zero attached hydrogens (tertiary/aromatic N) is 4. The third-order valence-electron chi connectivity index (χ3n) is 5.03. The maximum atomic E-state index is 12.7. The highest BCUT2D eigenvalue weighted by Gasteiger charge is 2.48. The predicted molar refractivity (Wildman–Crippen MR) is 102 cm³/mol. The van der Waals surface area contributed by atoms with Gasteiger partial charge >= 0.3 is 6.03 Å². The Morgan fingerprint density at radius 2 is 1.88 bits per heavy atom. The number of rotatable bonds is 7. The lowest BCUT2D eigenvalue weighted by atomic mass is 10.1. The minimum atomic E-state index is -0.397. The van der Waals surface area contributed by atoms with Crippen LogP contribution in [0.25, 0.3) is 0 Å². The Balaban J connectivity index is 1.47. The number of hydrogen-bond acceptors (Lipinski definition) is 5. The summed E-state index contributed by atoms with van der Waals surface area (Å²) in [6.07, 6.45) is 3.97. The van der Waals surface area contributed by atoms with Gasteiger partial charge in [-0.3, -0.25) is 9.69 Å². The van der Waals surface area contributed by atoms with Crippen LogP contribution >= 0.6 is 0 Å². The second-order valence-electron chi connectivity index (χ2n) is 7.08. The molecule has 1 N–H and O–H groups in total. The van der Waals surface area contributed by atoms with Crippen LogP contribution in [0.3, 0.4) is 0 Å². The number of para-hydroxylation sites is 1. The quantitative estimate of drug-likeness (QED) is 0.760. The van der Waals surface area contributed by atoms with E-state index in [1.54, 1.807) is 23.2 Å². The van der Waals surface area contributed by atoms with E-state index in [0.717, 1.165) is 24.9 Å². The van der Waals surface area contributed by atoms with E-state index in [4.69, 9.17) is 0 Å². The first-order chi connectivity index (χ1) is 12.5. The molecule has 1 saturated heterocycles. The van der Waals surface area contributed by atoms with Crippen molar-refractivity contribution < 1.29 is 9.59 Å². The molecule has 1 aromatic rings. The summed E-state index contributed by atoms with van der Waals surface area (Å²) in [5.74, 6) is -0.145. The fourth-order valence-electron chi connectivity index (χ4n) is 3.53. The number of urea groups is 1. The Kier molecular flexibility index (Phi) is 5.44. The molecular formula is C19H27N5O2. The minimum Gasteiger partial charge on any atom is -0.383 e. The summed E-state index contributed by atoms with van der Waals surface area (Å²) in [7, 11) is 3.53. The van der Waals surface area contributed by atoms with E-state index in [2.05, 4.69) is 17.2 Å². The Morgan fingerprint density at radius 1 is 1.15 bits per heavy atom. The first-order valence-electron chi connectivity index (χ1n) is 9.14. The molecule has 3 rings (SSSR count). The van der Waals surface area contributed by atoms with Crippen molar-refractivity contribution in [2.45, 2.75) is 44.4 Å². The first kappa shape index (κ1) is 18.2. The van der Waals surface area contributed by atoms with E-state index in [-0.39, 0.29) is 11.9 Å². The number of anilines is 1. The Bertz CT molecular complexity index is 678. The number of unbranched alkanes of at least 4 members (excludes halogenated alkanes) is 1. The van der Waals surface area contributed by atoms with E-state index in [9.17, 15) is 9.59 Å². The van der Waals surface area contributed by atoms with Gasteiger partial charge in [0.1, 0.15) is 0 Å². The van der Waals surface area contributed by atoms with Gasteiger partial charge in [0.2, 0.25) is 0 Å². The maximum Gasteiger partial charge on any atom is 0.328 e. The number of carbonyl (C=O) groups is 2. The molecule has 3 amide bonds. The summed E-state index contributed by atoms with van der Waals surface area (Å²) in [4.78, 5) is 34.2. The summed E-state index contributed by atoms with van der Waals surface area (Å²) in [6, 6.07) is 9.81. The summed E-state index contributed by atoms with van der Waals surface area (Å²) in [5, 5.41) is 3.46. The predicted octanol–water partition coefficient (Wildman–Crippen LogP) is 2.22. The first-order valence-corrected chi connectivity index (χ1v) is 9.14. The van der Waals surface area contributed by atoms with Gasteiger partial charge in [-0.25, -0.2) is 9.79 Å². The molecule has 0 aromatic heterocycles. The van der Waals surface area contributed by atoms with Gasteiger partial charge in [0.25, 0.3) is 5.91 Å². The molecule has 3 unspecified atom stereocenters. The maximum absolute atomic E-state index is 12.7. The molecule has 0 spiro atoms. The lowest BCUT2D eigenvalue weighted by molar-refractivity contribution is -0.137. The van der Waals surface area contributed by atoms with Gasteiger partial charge in [-0.1, -0.05) is 18.2 Å². The summed E-state index contributed by atoms with van der Waals surface area (Å²) < 4.78 is 0. The standard InChI is InChI=1S/C19H27N5O2/c1-14(21-15-10-5-4-6-11-15)9-7-8-12-24-18(25)16-17(20-13-22(16)2)23(3)19(24)26/h4-6,10-11,13-14,16-17,21H,7-9,12H2,1-3H3. The summed E-state index contributed by atoms with van der Waals surface area (Å²) in [6.45, 7) is 2.60. The normalized spacial score (nSPS) is 23.4. The highest BCUT2D eigenvalue weighted by molar-refractivity contribution is 6.01. The summed E-state index contributed by atoms with van der Waals surface area (Å²) in [5.41, 5.74) is 1.11. The molecule has 2 aliphatic heterocycles. The fourth-order valence-corrected chi connectivity index (χ4v) is 3.53. The van der Waals surface area contributed by atoms with Gasteiger partial charge in [-0.15, -0.1) is 0 Å². The van der Waals surface area contributed by atoms with Crippen molar-refractivity contribution in [3.63, 3.8) is 0 Å². The molecule has 2 aliphatic rings. The monoisotopic (exact) mass is 357 g/mol. The van der Waals surface area contributed by atoms with E-state index in [0.29, 0.717) is 12.6 Å². The number of likely N-dealkylation sites (N-methyl/N-ethyl adjacent to an activating group) is 2. The molecule has 0 bridgehead atoms. The fraction of sp³-hybridized carbons (Fsp3) is 0.526. The SMILES string of the molecule is CC(CCCCN1C(=O)C2C(N=CN2C)N(C)C1=O)Nc1ccccc1. The van der Waals surface area contributed by atoms with Gasteiger partial charge in [-0.2, -0.15) is 0 Å². The number of carbonyl (C=O) groups excluding carboxylic acids is 2. The van der Waals surface area contributed by atoms with Crippen molar-refractivity contribution in [3.05, 3.63) is 30.3 Å². The number of amides is 3. The molecule has 140 valence electrons. The molecule has 7 nitrogen and oxygen atoms in total. The summed E-state index contributed by atoms with van der Waals surface area (Å²) >= 11 is 0. The Hall–Kier alpha value is -2.57. The van der Waals surface area contributed by atoms with Gasteiger partial charge in [-0.05, 0) is 38.3 Å². The molecule has 1 fully saturated rings. The minimum absolute atomic E-state index is 0.145. The largest absolute Gasteiger partial charge is 0.383 e. The molecule has 1 aromatic carbocycles. The number of fused-ring (bicyclic) bond motifs is 1. The third-order valence-corrected chi connectivity index (χ3v) is 5.03. The van der Waals surface area contributed by atoms with E-state index in [1.165, 1.54) is 4.90 Å². The molecule has 7 heteroatoms. The van der Waals surface area contributed by atoms with Gasteiger partial charge in [0.15, 0.2) is 12.2 Å². The highest BCUT2D eigenvalue weighted by Crippen LogP contribution is 2.24. The van der Waals surface area contributed by atoms with Crippen molar-refractivity contribution in [1.29, 1.82) is 0 Å². The third kappa shape index (κ3) is 3.66. The van der Waals surface area contributed by atoms with Crippen molar-refractivity contribution in [1.82, 2.24) is 14.7 Å². The number of aliphatic imine (C=N–C) groups is 1. The lowest BCUT2D eigenvalue weighted by Gasteiger charge is -2.40. The lowest BCUT2D eigenvalue weighted by Crippen LogP contribution is -2.64. The van der Waals surface area contributed by atoms with Crippen LogP contribution < -0.4 is 5.32 Å². The van der Waals surface area contributed by atoms with E-state index < -0.39 is 12.2 Å². The van der Waals surface area contributed by atoms with Gasteiger partial charge in [0, 0.05) is 32.4 Å². The second kappa shape index (κ2) is 7.76. The van der Waals surface area contributed by atoms with Crippen LogP contribution in [0.1, 0.15) is 26.2 Å². The molecule has 2 heterocycles. The molecule has 3 atom stereocenters. The van der Waals surface area contributed by atoms with E-state index >= 15 is 0 Å². The smallest absolute Gasteiger partial charge is 0.328 e. The Labute approximate surface area is 154 Å². The molecule has 0 radical (unpaired) electrons. The average Bonchev–Trinajstić information content (AvgIpc) is 3.02. The van der Waals surface area contributed by atoms with Gasteiger partial charge < -0.3 is 15.1 Å². The zero-order valence-electron chi connectivity index (χ0n) is 15.6. The number of imide groups is 1. The van der Waals surface area contributed by atoms with Crippen LogP contribution in [0.2, 0.25) is 0 Å². The Morgan fingerprint density at radius 3 is 2.62 bits per heavy atom. The van der Waals surface area contributed by atoms with Crippen LogP contribution in [0.15, 0.2) is 35.3 Å². The topological polar surface area (TPSA) is 68.2 Å². The van der Waals surface area contributed by atoms with Crippen LogP contribution in [0.4, 0.5) is 10.5 Å². The zero-order chi connectivity index (χ0) is 18.7. The number of benzene rings is 1. The highest BCUT2D eigenvalue weighted by atomic mass is 16.2. The van der Waals surface area contributed by atoms with Crippen molar-refractivity contribution >= 4 is 24.0 Å². The number of nitrogens with one attached hydrogen (secondary N) is 1. The zero-order valence-corrected chi connectivity index (χ0v) is 15.6. The number of hydrogen-bond donors (Lipinski definition) is 1. The molecule has 26 heavy (non-hydrogen) atoms. The van der Waals surface area contributed by atoms with E-state index in [1.807, 2.05) is 37.4 Å². The van der Waals surface area contributed by atoms with Crippen molar-refractivity contribution in [2.24, 2.45) is 4.99 Å². The van der Waals surface area contributed by atoms with Crippen LogP contribution in [0.5, 0.6) is 0 Å². The second-order valence-corrected chi connectivity index (χ2v) is 7.08. The van der Waals surface area contributed by atoms with Crippen LogP contribution in [-0.4, -0.2) is 71.9 Å². The van der Waals surface area contributed by atoms with Crippen molar-refractivity contribution in [2.75, 3.05) is 26.0 Å². The van der Waals surface area contributed by atoms with Crippen LogP contribution in [0, 0.1) is 0 Å². The van der Waals surface area contributed by atoms with Crippen LogP contribution in [-0.2, 0) is 4.79 Å². The molecule has 0 aliphatic carbocycles. The average molecular weight is 357 g/mol.